The third-order valence-corrected chi connectivity index (χ3v) is 7.54. The number of fused-ring (bicyclic) bond motifs is 2. The Hall–Kier alpha value is -6.33. The van der Waals surface area contributed by atoms with E-state index in [1.165, 1.54) is 37.3 Å². The molecule has 0 bridgehead atoms. The fourth-order valence-electron chi connectivity index (χ4n) is 5.67. The number of aromatic hydroxyl groups is 1. The maximum absolute atomic E-state index is 13.3. The summed E-state index contributed by atoms with van der Waals surface area (Å²) < 4.78 is 11.4. The third-order valence-electron chi connectivity index (χ3n) is 7.54. The van der Waals surface area contributed by atoms with Crippen LogP contribution in [0.25, 0.3) is 33.4 Å². The Morgan fingerprint density at radius 3 is 1.84 bits per heavy atom. The van der Waals surface area contributed by atoms with Crippen LogP contribution in [-0.4, -0.2) is 102 Å². The van der Waals surface area contributed by atoms with Gasteiger partial charge >= 0.3 is 35.8 Å². The van der Waals surface area contributed by atoms with Gasteiger partial charge in [0.05, 0.1) is 31.7 Å². The van der Waals surface area contributed by atoms with Crippen molar-refractivity contribution in [1.29, 1.82) is 0 Å². The molecule has 1 aliphatic carbocycles. The summed E-state index contributed by atoms with van der Waals surface area (Å²) in [7, 11) is 0. The van der Waals surface area contributed by atoms with Gasteiger partial charge < -0.3 is 39.8 Å². The number of hydrogen-bond acceptors (Lipinski definition) is 12. The third kappa shape index (κ3) is 8.03. The van der Waals surface area contributed by atoms with E-state index in [1.54, 1.807) is 0 Å². The molecule has 0 spiro atoms. The van der Waals surface area contributed by atoms with Crippen molar-refractivity contribution in [1.82, 2.24) is 9.80 Å². The van der Waals surface area contributed by atoms with Crippen LogP contribution in [0, 0.1) is 6.92 Å². The number of esters is 1. The average Bonchev–Trinajstić information content (AvgIpc) is 2.99. The van der Waals surface area contributed by atoms with Gasteiger partial charge in [-0.25, -0.2) is 4.79 Å². The van der Waals surface area contributed by atoms with Gasteiger partial charge in [0.1, 0.15) is 5.76 Å². The number of ether oxygens (including phenoxy) is 1. The zero-order chi connectivity index (χ0) is 37.0. The van der Waals surface area contributed by atoms with E-state index in [4.69, 9.17) is 9.15 Å². The Kier molecular flexibility index (Phi) is 10.8. The molecule has 0 saturated carbocycles. The first-order valence-corrected chi connectivity index (χ1v) is 14.6. The van der Waals surface area contributed by atoms with Crippen molar-refractivity contribution < 1.29 is 68.6 Å². The van der Waals surface area contributed by atoms with Crippen LogP contribution in [0.5, 0.6) is 11.5 Å². The number of hydrogen-bond donors (Lipinski definition) is 6. The molecule has 262 valence electrons. The fourth-order valence-corrected chi connectivity index (χ4v) is 5.67. The number of carbonyl (C=O) groups is 6. The van der Waals surface area contributed by atoms with Crippen LogP contribution >= 0.6 is 0 Å². The quantitative estimate of drug-likeness (QED) is 0.0591. The van der Waals surface area contributed by atoms with Gasteiger partial charge in [-0.2, -0.15) is 0 Å². The minimum Gasteiger partial charge on any atom is -0.504 e. The van der Waals surface area contributed by atoms with E-state index in [0.717, 1.165) is 22.8 Å². The van der Waals surface area contributed by atoms with E-state index in [-0.39, 0.29) is 55.7 Å². The highest BCUT2D eigenvalue weighted by Gasteiger charge is 2.31. The van der Waals surface area contributed by atoms with Gasteiger partial charge in [0.15, 0.2) is 16.8 Å². The molecular formula is C33H30N2O15. The minimum atomic E-state index is -1.39. The second kappa shape index (κ2) is 14.8. The maximum atomic E-state index is 13.3. The Balaban J connectivity index is 2.20. The molecule has 2 aliphatic rings. The number of carbonyl (C=O) groups excluding carboxylic acids is 1. The average molecular weight is 695 g/mol. The highest BCUT2D eigenvalue weighted by molar-refractivity contribution is 6.11. The molecule has 0 fully saturated rings. The fraction of sp³-hybridized carbons (Fsp3) is 0.242. The van der Waals surface area contributed by atoms with Crippen molar-refractivity contribution in [2.75, 3.05) is 26.2 Å². The van der Waals surface area contributed by atoms with Crippen molar-refractivity contribution in [3.63, 3.8) is 0 Å². The second-order valence-corrected chi connectivity index (χ2v) is 11.2. The first kappa shape index (κ1) is 36.5. The highest BCUT2D eigenvalue weighted by Crippen LogP contribution is 2.50. The summed E-state index contributed by atoms with van der Waals surface area (Å²) >= 11 is 0. The molecule has 6 N–H and O–H groups in total. The van der Waals surface area contributed by atoms with E-state index < -0.39 is 92.0 Å². The van der Waals surface area contributed by atoms with Gasteiger partial charge in [0, 0.05) is 53.7 Å². The Bertz CT molecular complexity index is 2050. The number of phenolic OH excluding ortho intramolecular Hbond substituents is 1. The summed E-state index contributed by atoms with van der Waals surface area (Å²) in [5.41, 5.74) is -1.16. The molecule has 17 nitrogen and oxygen atoms in total. The number of carboxylic acids is 5. The molecule has 17 heteroatoms. The standard InChI is InChI=1S/C33H30N2O15/c1-15-21(10-35(13-26(42)43)14-27(44)45)30(46)32(49-16(2)36)31-28(15)29(18-5-3-4-6-19(18)33(47)48)20-7-17(22(37)8-23(20)50-31)9-34(11-24(38)39)12-25(40)41/h3-8,46H,9-14H2,1-2H3,(H,38,39)(H,40,41)(H,42,43)(H,44,45)(H,47,48). The molecule has 0 amide bonds. The van der Waals surface area contributed by atoms with Crippen LogP contribution in [0.1, 0.15) is 34.0 Å². The number of aliphatic carboxylic acids is 4. The molecule has 50 heavy (non-hydrogen) atoms. The molecule has 1 aliphatic heterocycles. The summed E-state index contributed by atoms with van der Waals surface area (Å²) in [4.78, 5) is 86.1. The molecule has 0 unspecified atom stereocenters. The van der Waals surface area contributed by atoms with Crippen molar-refractivity contribution in [3.8, 4) is 33.9 Å². The summed E-state index contributed by atoms with van der Waals surface area (Å²) in [6.07, 6.45) is 0. The molecule has 0 saturated heterocycles. The summed E-state index contributed by atoms with van der Waals surface area (Å²) in [6.45, 7) is -1.53. The predicted octanol–water partition coefficient (Wildman–Crippen LogP) is 2.14. The molecule has 0 atom stereocenters. The first-order chi connectivity index (χ1) is 23.5. The Morgan fingerprint density at radius 1 is 0.780 bits per heavy atom. The van der Waals surface area contributed by atoms with Crippen LogP contribution in [0.4, 0.5) is 0 Å². The number of carboxylic acid groups (broad SMARTS) is 5. The number of nitrogens with zero attached hydrogens (tertiary/aromatic N) is 2. The van der Waals surface area contributed by atoms with E-state index in [2.05, 4.69) is 0 Å². The van der Waals surface area contributed by atoms with E-state index in [1.807, 2.05) is 0 Å². The van der Waals surface area contributed by atoms with Gasteiger partial charge in [-0.05, 0) is 30.2 Å². The molecule has 2 aromatic rings. The molecule has 0 radical (unpaired) electrons. The van der Waals surface area contributed by atoms with Crippen LogP contribution in [-0.2, 0) is 37.1 Å². The minimum absolute atomic E-state index is 0.0263. The van der Waals surface area contributed by atoms with Crippen LogP contribution < -0.4 is 10.2 Å². The predicted molar refractivity (Wildman–Crippen MR) is 170 cm³/mol. The Labute approximate surface area is 281 Å². The maximum Gasteiger partial charge on any atom is 0.336 e. The number of aryl methyl sites for hydroxylation is 1. The van der Waals surface area contributed by atoms with Gasteiger partial charge in [0.25, 0.3) is 0 Å². The van der Waals surface area contributed by atoms with Gasteiger partial charge in [-0.3, -0.25) is 38.6 Å². The van der Waals surface area contributed by atoms with Crippen molar-refractivity contribution >= 4 is 46.8 Å². The zero-order valence-corrected chi connectivity index (χ0v) is 26.5. The second-order valence-electron chi connectivity index (χ2n) is 11.2. The lowest BCUT2D eigenvalue weighted by molar-refractivity contribution is -0.144. The summed E-state index contributed by atoms with van der Waals surface area (Å²) in [5.74, 6) is -9.31. The molecule has 2 aromatic carbocycles. The molecule has 1 heterocycles. The number of aromatic carboxylic acids is 1. The van der Waals surface area contributed by atoms with Gasteiger partial charge in [-0.15, -0.1) is 0 Å². The van der Waals surface area contributed by atoms with E-state index in [0.29, 0.717) is 0 Å². The van der Waals surface area contributed by atoms with Crippen LogP contribution in [0.15, 0.2) is 45.6 Å². The topological polar surface area (TPSA) is 270 Å². The van der Waals surface area contributed by atoms with Gasteiger partial charge in [0.2, 0.25) is 5.75 Å². The lowest BCUT2D eigenvalue weighted by Crippen LogP contribution is -2.35. The SMILES string of the molecule is CC(=O)Oc1c(O)c(CN(CC(=O)O)CC(=O)O)c(C)c2c(-c3ccccc3C(=O)O)c3cc(CN(CC(=O)O)CC(=O)O)c(=O)cc-3oc12. The molecular weight excluding hydrogens is 664 g/mol. The summed E-state index contributed by atoms with van der Waals surface area (Å²) in [5, 5.41) is 59.1. The monoisotopic (exact) mass is 694 g/mol. The van der Waals surface area contributed by atoms with Crippen LogP contribution in [0.2, 0.25) is 0 Å². The van der Waals surface area contributed by atoms with Crippen LogP contribution in [0.3, 0.4) is 0 Å². The normalized spacial score (nSPS) is 11.3. The van der Waals surface area contributed by atoms with Crippen molar-refractivity contribution in [3.05, 3.63) is 68.9 Å². The lowest BCUT2D eigenvalue weighted by Gasteiger charge is -2.25. The number of rotatable bonds is 15. The molecule has 4 rings (SSSR count). The highest BCUT2D eigenvalue weighted by atomic mass is 16.5. The largest absolute Gasteiger partial charge is 0.504 e. The summed E-state index contributed by atoms with van der Waals surface area (Å²) in [6, 6.07) is 7.96. The van der Waals surface area contributed by atoms with Crippen molar-refractivity contribution in [2.24, 2.45) is 0 Å². The first-order valence-electron chi connectivity index (χ1n) is 14.6. The zero-order valence-electron chi connectivity index (χ0n) is 26.5. The van der Waals surface area contributed by atoms with E-state index >= 15 is 0 Å². The Morgan fingerprint density at radius 2 is 1.32 bits per heavy atom. The lowest BCUT2D eigenvalue weighted by atomic mass is 9.86. The number of benzene rings is 3. The van der Waals surface area contributed by atoms with E-state index in [9.17, 15) is 64.2 Å². The molecule has 0 aromatic heterocycles. The van der Waals surface area contributed by atoms with Crippen molar-refractivity contribution in [2.45, 2.75) is 26.9 Å². The van der Waals surface area contributed by atoms with Gasteiger partial charge in [-0.1, -0.05) is 18.2 Å². The number of phenols is 1. The smallest absolute Gasteiger partial charge is 0.336 e.